The number of methoxy groups -OCH3 is 1. The Bertz CT molecular complexity index is 1490. The van der Waals surface area contributed by atoms with E-state index in [4.69, 9.17) is 28.6 Å². The molecule has 2 heterocycles. The number of benzene rings is 3. The molecule has 3 aromatic carbocycles. The number of fused-ring (bicyclic) bond motifs is 1. The van der Waals surface area contributed by atoms with Crippen LogP contribution in [-0.2, 0) is 13.1 Å². The predicted molar refractivity (Wildman–Crippen MR) is 135 cm³/mol. The van der Waals surface area contributed by atoms with Gasteiger partial charge in [-0.2, -0.15) is 5.10 Å². The van der Waals surface area contributed by atoms with Gasteiger partial charge in [-0.1, -0.05) is 60.1 Å². The number of ether oxygens (including phenoxy) is 1. The van der Waals surface area contributed by atoms with Crippen LogP contribution in [0.2, 0.25) is 5.02 Å². The van der Waals surface area contributed by atoms with Gasteiger partial charge in [0.15, 0.2) is 5.82 Å². The zero-order valence-corrected chi connectivity index (χ0v) is 19.5. The number of H-pyrrole nitrogens is 1. The van der Waals surface area contributed by atoms with Crippen molar-refractivity contribution >= 4 is 34.7 Å². The van der Waals surface area contributed by atoms with E-state index in [1.54, 1.807) is 11.8 Å². The quantitative estimate of drug-likeness (QED) is 0.283. The van der Waals surface area contributed by atoms with E-state index >= 15 is 0 Å². The lowest BCUT2D eigenvalue weighted by Crippen LogP contribution is -2.16. The van der Waals surface area contributed by atoms with E-state index in [0.717, 1.165) is 33.0 Å². The largest absolute Gasteiger partial charge is 0.496 e. The molecule has 2 aromatic heterocycles. The summed E-state index contributed by atoms with van der Waals surface area (Å²) in [5.74, 6) is 1.39. The van der Waals surface area contributed by atoms with Gasteiger partial charge in [0.1, 0.15) is 5.75 Å². The summed E-state index contributed by atoms with van der Waals surface area (Å²) in [7, 11) is 1.64. The van der Waals surface area contributed by atoms with E-state index in [1.165, 1.54) is 5.39 Å². The van der Waals surface area contributed by atoms with Crippen molar-refractivity contribution in [2.75, 3.05) is 12.5 Å². The third-order valence-corrected chi connectivity index (χ3v) is 6.26. The van der Waals surface area contributed by atoms with Gasteiger partial charge in [-0.05, 0) is 47.6 Å². The molecule has 0 spiro atoms. The lowest BCUT2D eigenvalue weighted by atomic mass is 10.2. The van der Waals surface area contributed by atoms with E-state index in [9.17, 15) is 0 Å². The number of halogens is 1. The van der Waals surface area contributed by atoms with Gasteiger partial charge >= 0.3 is 0 Å². The molecule has 0 amide bonds. The van der Waals surface area contributed by atoms with Crippen molar-refractivity contribution in [2.24, 2.45) is 0 Å². The highest BCUT2D eigenvalue weighted by Gasteiger charge is 2.15. The van der Waals surface area contributed by atoms with Crippen molar-refractivity contribution in [3.8, 4) is 17.1 Å². The Morgan fingerprint density at radius 2 is 1.76 bits per heavy atom. The molecule has 0 radical (unpaired) electrons. The van der Waals surface area contributed by atoms with Gasteiger partial charge in [0, 0.05) is 28.7 Å². The second-order valence-electron chi connectivity index (χ2n) is 7.61. The molecule has 0 bridgehead atoms. The van der Waals surface area contributed by atoms with Crippen LogP contribution in [0.1, 0.15) is 11.1 Å². The number of aromatic nitrogens is 4. The van der Waals surface area contributed by atoms with Crippen LogP contribution in [0.15, 0.2) is 79.0 Å². The van der Waals surface area contributed by atoms with Gasteiger partial charge in [0.25, 0.3) is 0 Å². The molecular formula is C25H22ClN5OS. The Kier molecular flexibility index (Phi) is 5.90. The number of hydrogen-bond acceptors (Lipinski definition) is 4. The Balaban J connectivity index is 1.48. The average Bonchev–Trinajstić information content (AvgIpc) is 3.39. The van der Waals surface area contributed by atoms with E-state index < -0.39 is 0 Å². The molecular weight excluding hydrogens is 454 g/mol. The van der Waals surface area contributed by atoms with Crippen molar-refractivity contribution in [1.29, 1.82) is 0 Å². The van der Waals surface area contributed by atoms with E-state index in [2.05, 4.69) is 56.7 Å². The van der Waals surface area contributed by atoms with Gasteiger partial charge in [0.05, 0.1) is 19.2 Å². The molecule has 33 heavy (non-hydrogen) atoms. The number of nitrogens with zero attached hydrogens (tertiary/aromatic N) is 3. The van der Waals surface area contributed by atoms with E-state index in [0.29, 0.717) is 23.7 Å². The highest BCUT2D eigenvalue weighted by molar-refractivity contribution is 7.71. The summed E-state index contributed by atoms with van der Waals surface area (Å²) in [5.41, 5.74) is 7.65. The molecule has 0 atom stereocenters. The molecule has 0 saturated heterocycles. The van der Waals surface area contributed by atoms with Crippen molar-refractivity contribution in [2.45, 2.75) is 13.1 Å². The minimum Gasteiger partial charge on any atom is -0.496 e. The smallest absolute Gasteiger partial charge is 0.214 e. The first-order valence-corrected chi connectivity index (χ1v) is 11.3. The maximum atomic E-state index is 6.42. The topological polar surface area (TPSA) is 59.8 Å². The number of para-hydroxylation sites is 2. The average molecular weight is 476 g/mol. The normalized spacial score (nSPS) is 11.1. The summed E-state index contributed by atoms with van der Waals surface area (Å²) < 4.78 is 10.0. The predicted octanol–water partition coefficient (Wildman–Crippen LogP) is 6.02. The first kappa shape index (κ1) is 21.3. The standard InChI is InChI=1S/C25H22ClN5OS/c1-32-23-13-7-4-10-20(23)24-28-29-25(33)31(24)27-14-18-16-30(22-12-6-3-9-19(18)22)15-17-8-2-5-11-21(17)26/h2-13,16,27H,14-15H2,1H3,(H,29,33). The number of aromatic amines is 1. The van der Waals surface area contributed by atoms with Crippen LogP contribution in [0.25, 0.3) is 22.3 Å². The van der Waals surface area contributed by atoms with Gasteiger partial charge in [0.2, 0.25) is 4.77 Å². The maximum Gasteiger partial charge on any atom is 0.214 e. The van der Waals surface area contributed by atoms with Crippen molar-refractivity contribution in [3.05, 3.63) is 99.9 Å². The molecule has 0 saturated carbocycles. The van der Waals surface area contributed by atoms with E-state index in [-0.39, 0.29) is 0 Å². The van der Waals surface area contributed by atoms with Gasteiger partial charge < -0.3 is 14.7 Å². The zero-order valence-electron chi connectivity index (χ0n) is 18.0. The third kappa shape index (κ3) is 4.13. The minimum absolute atomic E-state index is 0.482. The highest BCUT2D eigenvalue weighted by atomic mass is 35.5. The number of hydrogen-bond donors (Lipinski definition) is 2. The molecule has 5 rings (SSSR count). The van der Waals surface area contributed by atoms with Crippen LogP contribution in [-0.4, -0.2) is 26.6 Å². The summed E-state index contributed by atoms with van der Waals surface area (Å²) in [5, 5.41) is 9.24. The maximum absolute atomic E-state index is 6.42. The lowest BCUT2D eigenvalue weighted by molar-refractivity contribution is 0.416. The molecule has 0 aliphatic heterocycles. The fourth-order valence-electron chi connectivity index (χ4n) is 4.02. The van der Waals surface area contributed by atoms with Gasteiger partial charge in [-0.25, -0.2) is 9.77 Å². The Hall–Kier alpha value is -3.55. The zero-order chi connectivity index (χ0) is 22.8. The lowest BCUT2D eigenvalue weighted by Gasteiger charge is -2.12. The summed E-state index contributed by atoms with van der Waals surface area (Å²) in [6.45, 7) is 1.25. The second-order valence-corrected chi connectivity index (χ2v) is 8.41. The summed E-state index contributed by atoms with van der Waals surface area (Å²) in [4.78, 5) is 0. The Labute approximate surface area is 201 Å². The highest BCUT2D eigenvalue weighted by Crippen LogP contribution is 2.28. The van der Waals surface area contributed by atoms with E-state index in [1.807, 2.05) is 42.5 Å². The fraction of sp³-hybridized carbons (Fsp3) is 0.120. The Morgan fingerprint density at radius 1 is 1.00 bits per heavy atom. The molecule has 0 aliphatic carbocycles. The molecule has 2 N–H and O–H groups in total. The molecule has 6 nitrogen and oxygen atoms in total. The first-order chi connectivity index (χ1) is 16.2. The van der Waals surface area contributed by atoms with Gasteiger partial charge in [-0.3, -0.25) is 0 Å². The molecule has 166 valence electrons. The van der Waals surface area contributed by atoms with Crippen molar-refractivity contribution in [3.63, 3.8) is 0 Å². The molecule has 8 heteroatoms. The van der Waals surface area contributed by atoms with Crippen LogP contribution >= 0.6 is 23.8 Å². The SMILES string of the molecule is COc1ccccc1-c1n[nH]c(=S)n1NCc1cn(Cc2ccccc2Cl)c2ccccc12. The summed E-state index contributed by atoms with van der Waals surface area (Å²) in [6, 6.07) is 24.0. The monoisotopic (exact) mass is 475 g/mol. The molecule has 0 fully saturated rings. The van der Waals surface area contributed by atoms with Crippen LogP contribution in [0.4, 0.5) is 0 Å². The van der Waals surface area contributed by atoms with Crippen LogP contribution in [0.5, 0.6) is 5.75 Å². The van der Waals surface area contributed by atoms with Crippen LogP contribution in [0, 0.1) is 4.77 Å². The number of rotatable bonds is 7. The fourth-order valence-corrected chi connectivity index (χ4v) is 4.41. The van der Waals surface area contributed by atoms with Crippen LogP contribution < -0.4 is 10.2 Å². The van der Waals surface area contributed by atoms with Crippen LogP contribution in [0.3, 0.4) is 0 Å². The minimum atomic E-state index is 0.482. The molecule has 0 aliphatic rings. The van der Waals surface area contributed by atoms with Crippen molar-refractivity contribution in [1.82, 2.24) is 19.4 Å². The number of nitrogens with one attached hydrogen (secondary N) is 2. The molecule has 0 unspecified atom stereocenters. The van der Waals surface area contributed by atoms with Gasteiger partial charge in [-0.15, -0.1) is 0 Å². The summed E-state index contributed by atoms with van der Waals surface area (Å²) in [6.07, 6.45) is 2.16. The molecule has 5 aromatic rings. The second kappa shape index (κ2) is 9.13. The third-order valence-electron chi connectivity index (χ3n) is 5.62. The summed E-state index contributed by atoms with van der Waals surface area (Å²) >= 11 is 11.9. The Morgan fingerprint density at radius 3 is 2.61 bits per heavy atom. The van der Waals surface area contributed by atoms with Crippen molar-refractivity contribution < 1.29 is 4.74 Å². The first-order valence-electron chi connectivity index (χ1n) is 10.5.